The Balaban J connectivity index is 2.08. The highest BCUT2D eigenvalue weighted by Gasteiger charge is 2.13. The fourth-order valence-electron chi connectivity index (χ4n) is 1.61. The number of hydrogen-bond donors (Lipinski definition) is 1. The SMILES string of the molecule is CCn1cc(C(O)Cc2nccn2C)cn1. The maximum Gasteiger partial charge on any atom is 0.111 e. The average Bonchev–Trinajstić information content (AvgIpc) is 2.88. The van der Waals surface area contributed by atoms with E-state index < -0.39 is 6.10 Å². The van der Waals surface area contributed by atoms with Crippen molar-refractivity contribution in [3.8, 4) is 0 Å². The Labute approximate surface area is 94.4 Å². The summed E-state index contributed by atoms with van der Waals surface area (Å²) in [4.78, 5) is 4.18. The molecule has 0 aliphatic rings. The molecule has 86 valence electrons. The summed E-state index contributed by atoms with van der Waals surface area (Å²) >= 11 is 0. The number of aromatic nitrogens is 4. The van der Waals surface area contributed by atoms with Crippen LogP contribution in [0.3, 0.4) is 0 Å². The van der Waals surface area contributed by atoms with Crippen LogP contribution < -0.4 is 0 Å². The second-order valence-electron chi connectivity index (χ2n) is 3.80. The summed E-state index contributed by atoms with van der Waals surface area (Å²) in [6.45, 7) is 2.83. The molecule has 1 atom stereocenters. The zero-order valence-electron chi connectivity index (χ0n) is 9.54. The van der Waals surface area contributed by atoms with E-state index in [0.29, 0.717) is 6.42 Å². The fraction of sp³-hybridized carbons (Fsp3) is 0.455. The number of aryl methyl sites for hydroxylation is 2. The molecule has 0 fully saturated rings. The van der Waals surface area contributed by atoms with Crippen molar-refractivity contribution in [2.75, 3.05) is 0 Å². The molecule has 5 nitrogen and oxygen atoms in total. The lowest BCUT2D eigenvalue weighted by molar-refractivity contribution is 0.175. The highest BCUT2D eigenvalue weighted by molar-refractivity contribution is 5.10. The van der Waals surface area contributed by atoms with Gasteiger partial charge in [-0.25, -0.2) is 4.98 Å². The first-order valence-corrected chi connectivity index (χ1v) is 5.37. The molecule has 5 heteroatoms. The van der Waals surface area contributed by atoms with Crippen molar-refractivity contribution >= 4 is 0 Å². The predicted octanol–water partition coefficient (Wildman–Crippen LogP) is 0.913. The molecule has 1 unspecified atom stereocenters. The van der Waals surface area contributed by atoms with Gasteiger partial charge in [0, 0.05) is 44.2 Å². The van der Waals surface area contributed by atoms with Crippen LogP contribution in [0.1, 0.15) is 24.4 Å². The molecule has 2 aromatic rings. The Morgan fingerprint density at radius 2 is 2.31 bits per heavy atom. The summed E-state index contributed by atoms with van der Waals surface area (Å²) < 4.78 is 3.71. The third-order valence-electron chi connectivity index (χ3n) is 2.66. The van der Waals surface area contributed by atoms with Crippen LogP contribution in [0, 0.1) is 0 Å². The molecule has 0 aromatic carbocycles. The van der Waals surface area contributed by atoms with Gasteiger partial charge in [0.05, 0.1) is 12.3 Å². The van der Waals surface area contributed by atoms with Crippen LogP contribution in [-0.2, 0) is 20.0 Å². The average molecular weight is 220 g/mol. The van der Waals surface area contributed by atoms with E-state index in [0.717, 1.165) is 17.9 Å². The van der Waals surface area contributed by atoms with Crippen LogP contribution >= 0.6 is 0 Å². The van der Waals surface area contributed by atoms with Crippen LogP contribution in [0.2, 0.25) is 0 Å². The number of aliphatic hydroxyl groups excluding tert-OH is 1. The monoisotopic (exact) mass is 220 g/mol. The molecule has 1 N–H and O–H groups in total. The van der Waals surface area contributed by atoms with Gasteiger partial charge in [-0.3, -0.25) is 4.68 Å². The van der Waals surface area contributed by atoms with E-state index in [2.05, 4.69) is 10.1 Å². The summed E-state index contributed by atoms with van der Waals surface area (Å²) in [6.07, 6.45) is 7.15. The maximum absolute atomic E-state index is 10.0. The van der Waals surface area contributed by atoms with E-state index in [1.165, 1.54) is 0 Å². The molecule has 0 aliphatic carbocycles. The quantitative estimate of drug-likeness (QED) is 0.833. The molecule has 0 amide bonds. The van der Waals surface area contributed by atoms with Gasteiger partial charge in [0.15, 0.2) is 0 Å². The van der Waals surface area contributed by atoms with Crippen LogP contribution in [0.15, 0.2) is 24.8 Å². The zero-order valence-corrected chi connectivity index (χ0v) is 9.54. The van der Waals surface area contributed by atoms with E-state index in [1.54, 1.807) is 17.1 Å². The second kappa shape index (κ2) is 4.49. The predicted molar refractivity (Wildman–Crippen MR) is 59.8 cm³/mol. The van der Waals surface area contributed by atoms with Crippen LogP contribution in [-0.4, -0.2) is 24.4 Å². The fourth-order valence-corrected chi connectivity index (χ4v) is 1.61. The second-order valence-corrected chi connectivity index (χ2v) is 3.80. The first-order valence-electron chi connectivity index (χ1n) is 5.37. The van der Waals surface area contributed by atoms with Gasteiger partial charge < -0.3 is 9.67 Å². The van der Waals surface area contributed by atoms with Gasteiger partial charge in [0.25, 0.3) is 0 Å². The minimum Gasteiger partial charge on any atom is -0.388 e. The lowest BCUT2D eigenvalue weighted by atomic mass is 10.1. The van der Waals surface area contributed by atoms with Crippen molar-refractivity contribution < 1.29 is 5.11 Å². The van der Waals surface area contributed by atoms with Gasteiger partial charge in [-0.1, -0.05) is 0 Å². The van der Waals surface area contributed by atoms with Crippen molar-refractivity contribution in [3.63, 3.8) is 0 Å². The van der Waals surface area contributed by atoms with E-state index in [4.69, 9.17) is 0 Å². The van der Waals surface area contributed by atoms with Gasteiger partial charge in [-0.05, 0) is 6.92 Å². The van der Waals surface area contributed by atoms with Crippen molar-refractivity contribution in [1.82, 2.24) is 19.3 Å². The maximum atomic E-state index is 10.0. The Kier molecular flexibility index (Phi) is 3.05. The van der Waals surface area contributed by atoms with Gasteiger partial charge in [0.1, 0.15) is 5.82 Å². The number of aliphatic hydroxyl groups is 1. The van der Waals surface area contributed by atoms with Crippen molar-refractivity contribution in [2.45, 2.75) is 26.0 Å². The van der Waals surface area contributed by atoms with E-state index in [1.807, 2.05) is 30.9 Å². The van der Waals surface area contributed by atoms with Gasteiger partial charge >= 0.3 is 0 Å². The molecule has 0 radical (unpaired) electrons. The van der Waals surface area contributed by atoms with Gasteiger partial charge in [-0.15, -0.1) is 0 Å². The smallest absolute Gasteiger partial charge is 0.111 e. The van der Waals surface area contributed by atoms with Crippen molar-refractivity contribution in [2.24, 2.45) is 7.05 Å². The van der Waals surface area contributed by atoms with E-state index in [9.17, 15) is 5.11 Å². The first kappa shape index (κ1) is 10.9. The van der Waals surface area contributed by atoms with Crippen molar-refractivity contribution in [1.29, 1.82) is 0 Å². The van der Waals surface area contributed by atoms with Gasteiger partial charge in [0.2, 0.25) is 0 Å². The third-order valence-corrected chi connectivity index (χ3v) is 2.66. The number of imidazole rings is 1. The Bertz CT molecular complexity index is 460. The summed E-state index contributed by atoms with van der Waals surface area (Å²) in [6, 6.07) is 0. The van der Waals surface area contributed by atoms with E-state index >= 15 is 0 Å². The molecule has 2 rings (SSSR count). The Morgan fingerprint density at radius 3 is 2.88 bits per heavy atom. The molecule has 0 aliphatic heterocycles. The Morgan fingerprint density at radius 1 is 1.50 bits per heavy atom. The highest BCUT2D eigenvalue weighted by Crippen LogP contribution is 2.16. The number of rotatable bonds is 4. The molecule has 0 bridgehead atoms. The molecule has 2 aromatic heterocycles. The molecular formula is C11H16N4O. The minimum atomic E-state index is -0.540. The molecule has 2 heterocycles. The number of nitrogens with zero attached hydrogens (tertiary/aromatic N) is 4. The summed E-state index contributed by atoms with van der Waals surface area (Å²) in [5, 5.41) is 14.2. The first-order chi connectivity index (χ1) is 7.70. The normalized spacial score (nSPS) is 12.9. The van der Waals surface area contributed by atoms with Crippen LogP contribution in [0.25, 0.3) is 0 Å². The number of hydrogen-bond acceptors (Lipinski definition) is 3. The van der Waals surface area contributed by atoms with Gasteiger partial charge in [-0.2, -0.15) is 5.10 Å². The van der Waals surface area contributed by atoms with E-state index in [-0.39, 0.29) is 0 Å². The van der Waals surface area contributed by atoms with Crippen LogP contribution in [0.5, 0.6) is 0 Å². The highest BCUT2D eigenvalue weighted by atomic mass is 16.3. The minimum absolute atomic E-state index is 0.513. The van der Waals surface area contributed by atoms with Crippen LogP contribution in [0.4, 0.5) is 0 Å². The van der Waals surface area contributed by atoms with Crippen molar-refractivity contribution in [3.05, 3.63) is 36.2 Å². The topological polar surface area (TPSA) is 55.9 Å². The molecule has 0 saturated carbocycles. The molecule has 0 spiro atoms. The standard InChI is InChI=1S/C11H16N4O/c1-3-15-8-9(7-13-15)10(16)6-11-12-4-5-14(11)2/h4-5,7-8,10,16H,3,6H2,1-2H3. The molecule has 16 heavy (non-hydrogen) atoms. The summed E-state index contributed by atoms with van der Waals surface area (Å²) in [7, 11) is 1.92. The largest absolute Gasteiger partial charge is 0.388 e. The summed E-state index contributed by atoms with van der Waals surface area (Å²) in [5.74, 6) is 0.872. The third kappa shape index (κ3) is 2.14. The Hall–Kier alpha value is -1.62. The lowest BCUT2D eigenvalue weighted by Gasteiger charge is -2.07. The lowest BCUT2D eigenvalue weighted by Crippen LogP contribution is -2.06. The summed E-state index contributed by atoms with van der Waals surface area (Å²) in [5.41, 5.74) is 0.838. The molecular weight excluding hydrogens is 204 g/mol. The zero-order chi connectivity index (χ0) is 11.5. The molecule has 0 saturated heterocycles.